The largest absolute Gasteiger partial charge is 0.493 e. The lowest BCUT2D eigenvalue weighted by Gasteiger charge is -2.20. The third-order valence-corrected chi connectivity index (χ3v) is 7.69. The second-order valence-corrected chi connectivity index (χ2v) is 10.5. The molecule has 10 nitrogen and oxygen atoms in total. The number of unbranched alkanes of at least 4 members (excludes halogenated alkanes) is 2. The molecule has 44 heavy (non-hydrogen) atoms. The topological polar surface area (TPSA) is 109 Å². The number of carbonyl (C=O) groups is 1. The van der Waals surface area contributed by atoms with Crippen molar-refractivity contribution in [3.05, 3.63) is 66.0 Å². The minimum absolute atomic E-state index is 0.0149. The fourth-order valence-electron chi connectivity index (χ4n) is 5.34. The molecule has 0 aliphatic carbocycles. The smallest absolute Gasteiger partial charge is 0.256 e. The molecule has 1 saturated heterocycles. The molecule has 1 amide bonds. The van der Waals surface area contributed by atoms with E-state index in [9.17, 15) is 9.18 Å². The summed E-state index contributed by atoms with van der Waals surface area (Å²) >= 11 is 0. The van der Waals surface area contributed by atoms with Crippen molar-refractivity contribution < 1.29 is 32.5 Å². The van der Waals surface area contributed by atoms with Gasteiger partial charge >= 0.3 is 0 Å². The molecule has 1 aromatic heterocycles. The van der Waals surface area contributed by atoms with Crippen molar-refractivity contribution in [3.8, 4) is 45.9 Å². The van der Waals surface area contributed by atoms with Gasteiger partial charge in [0.15, 0.2) is 23.0 Å². The van der Waals surface area contributed by atoms with Gasteiger partial charge in [0.2, 0.25) is 11.8 Å². The predicted molar refractivity (Wildman–Crippen MR) is 162 cm³/mol. The highest BCUT2D eigenvalue weighted by Crippen LogP contribution is 2.38. The average molecular weight is 601 g/mol. The molecule has 1 fully saturated rings. The lowest BCUT2D eigenvalue weighted by Crippen LogP contribution is -2.35. The minimum atomic E-state index is -0.336. The van der Waals surface area contributed by atoms with Gasteiger partial charge in [-0.3, -0.25) is 9.79 Å². The first kappa shape index (κ1) is 29.2. The number of methoxy groups -OCH3 is 2. The number of amides is 1. The molecule has 4 aromatic rings. The molecule has 2 aliphatic heterocycles. The molecule has 3 heterocycles. The maximum atomic E-state index is 13.3. The second kappa shape index (κ2) is 13.2. The van der Waals surface area contributed by atoms with Gasteiger partial charge in [0, 0.05) is 30.0 Å². The Balaban J connectivity index is 1.01. The fraction of sp³-hybridized carbons (Fsp3) is 0.333. The van der Waals surface area contributed by atoms with Crippen LogP contribution in [0.2, 0.25) is 0 Å². The number of fused-ring (bicyclic) bond motifs is 2. The van der Waals surface area contributed by atoms with Crippen LogP contribution in [-0.2, 0) is 0 Å². The number of ether oxygens (including phenoxy) is 4. The Kier molecular flexibility index (Phi) is 8.71. The van der Waals surface area contributed by atoms with Gasteiger partial charge in [0.25, 0.3) is 5.91 Å². The molecule has 6 rings (SSSR count). The number of hydrogen-bond acceptors (Lipinski definition) is 9. The first-order valence-corrected chi connectivity index (χ1v) is 14.6. The number of halogens is 1. The zero-order valence-corrected chi connectivity index (χ0v) is 24.6. The summed E-state index contributed by atoms with van der Waals surface area (Å²) in [6, 6.07) is 14.8. The highest BCUT2D eigenvalue weighted by atomic mass is 19.1. The molecule has 0 bridgehead atoms. The van der Waals surface area contributed by atoms with E-state index in [1.165, 1.54) is 12.1 Å². The van der Waals surface area contributed by atoms with Gasteiger partial charge in [0.05, 0.1) is 44.7 Å². The normalized spacial score (nSPS) is 15.5. The molecule has 11 heteroatoms. The molecule has 2 aliphatic rings. The van der Waals surface area contributed by atoms with Crippen LogP contribution in [0.15, 0.2) is 64.0 Å². The fourth-order valence-corrected chi connectivity index (χ4v) is 5.34. The van der Waals surface area contributed by atoms with Gasteiger partial charge in [-0.25, -0.2) is 4.39 Å². The Morgan fingerprint density at radius 3 is 2.25 bits per heavy atom. The van der Waals surface area contributed by atoms with E-state index in [1.54, 1.807) is 50.6 Å². The van der Waals surface area contributed by atoms with Crippen molar-refractivity contribution in [1.29, 1.82) is 0 Å². The predicted octanol–water partition coefficient (Wildman–Crippen LogP) is 6.51. The van der Waals surface area contributed by atoms with Crippen LogP contribution in [0.1, 0.15) is 42.5 Å². The SMILES string of the molecule is COc1ccc(-c2nnc(-c3ccc(F)cc3)o2)cc1OCCCCCOc1cc2c(cc1OC)C(=O)N1CCC[C@H]1C=N2. The van der Waals surface area contributed by atoms with Crippen LogP contribution in [0, 0.1) is 5.82 Å². The maximum absolute atomic E-state index is 13.3. The lowest BCUT2D eigenvalue weighted by molar-refractivity contribution is 0.0774. The van der Waals surface area contributed by atoms with E-state index in [1.807, 2.05) is 17.2 Å². The molecular formula is C33H33FN4O6. The van der Waals surface area contributed by atoms with Gasteiger partial charge in [-0.1, -0.05) is 0 Å². The van der Waals surface area contributed by atoms with E-state index in [0.29, 0.717) is 70.4 Å². The third kappa shape index (κ3) is 6.22. The Hall–Kier alpha value is -4.93. The number of benzene rings is 3. The van der Waals surface area contributed by atoms with Crippen molar-refractivity contribution in [3.63, 3.8) is 0 Å². The summed E-state index contributed by atoms with van der Waals surface area (Å²) in [5.74, 6) is 2.50. The van der Waals surface area contributed by atoms with Crippen molar-refractivity contribution in [2.45, 2.75) is 38.1 Å². The van der Waals surface area contributed by atoms with Crippen LogP contribution in [0.3, 0.4) is 0 Å². The number of aliphatic imine (C=N–C) groups is 1. The Morgan fingerprint density at radius 2 is 1.52 bits per heavy atom. The van der Waals surface area contributed by atoms with Gasteiger partial charge < -0.3 is 28.3 Å². The van der Waals surface area contributed by atoms with E-state index in [2.05, 4.69) is 15.2 Å². The zero-order valence-electron chi connectivity index (χ0n) is 24.6. The number of hydrogen-bond donors (Lipinski definition) is 0. The lowest BCUT2D eigenvalue weighted by atomic mass is 10.1. The molecule has 0 radical (unpaired) electrons. The van der Waals surface area contributed by atoms with E-state index in [0.717, 1.165) is 38.6 Å². The van der Waals surface area contributed by atoms with Crippen LogP contribution < -0.4 is 18.9 Å². The number of rotatable bonds is 12. The van der Waals surface area contributed by atoms with Crippen molar-refractivity contribution in [2.75, 3.05) is 34.0 Å². The van der Waals surface area contributed by atoms with E-state index in [-0.39, 0.29) is 17.8 Å². The summed E-state index contributed by atoms with van der Waals surface area (Å²) in [4.78, 5) is 19.5. The summed E-state index contributed by atoms with van der Waals surface area (Å²) in [6.45, 7) is 1.70. The molecule has 0 saturated carbocycles. The summed E-state index contributed by atoms with van der Waals surface area (Å²) in [6.07, 6.45) is 6.25. The number of nitrogens with zero attached hydrogens (tertiary/aromatic N) is 4. The van der Waals surface area contributed by atoms with Gasteiger partial charge in [-0.2, -0.15) is 0 Å². The number of aromatic nitrogens is 2. The van der Waals surface area contributed by atoms with Crippen LogP contribution in [0.25, 0.3) is 22.9 Å². The molecule has 0 spiro atoms. The van der Waals surface area contributed by atoms with Gasteiger partial charge in [-0.05, 0) is 80.6 Å². The molecule has 1 atom stereocenters. The Bertz CT molecular complexity index is 1650. The van der Waals surface area contributed by atoms with Crippen molar-refractivity contribution in [1.82, 2.24) is 15.1 Å². The van der Waals surface area contributed by atoms with Gasteiger partial charge in [0.1, 0.15) is 5.82 Å². The highest BCUT2D eigenvalue weighted by molar-refractivity contribution is 6.03. The van der Waals surface area contributed by atoms with Crippen molar-refractivity contribution in [2.24, 2.45) is 4.99 Å². The Morgan fingerprint density at radius 1 is 0.841 bits per heavy atom. The first-order valence-electron chi connectivity index (χ1n) is 14.6. The van der Waals surface area contributed by atoms with Crippen molar-refractivity contribution >= 4 is 17.8 Å². The van der Waals surface area contributed by atoms with E-state index in [4.69, 9.17) is 23.4 Å². The van der Waals surface area contributed by atoms with Crippen LogP contribution in [0.4, 0.5) is 10.1 Å². The molecule has 0 N–H and O–H groups in total. The highest BCUT2D eigenvalue weighted by Gasteiger charge is 2.32. The summed E-state index contributed by atoms with van der Waals surface area (Å²) in [5, 5.41) is 8.23. The number of carbonyl (C=O) groups excluding carboxylic acids is 1. The van der Waals surface area contributed by atoms with Crippen LogP contribution >= 0.6 is 0 Å². The molecule has 0 unspecified atom stereocenters. The minimum Gasteiger partial charge on any atom is -0.493 e. The Labute approximate surface area is 254 Å². The molecular weight excluding hydrogens is 567 g/mol. The van der Waals surface area contributed by atoms with Crippen LogP contribution in [-0.4, -0.2) is 67.2 Å². The molecule has 3 aromatic carbocycles. The van der Waals surface area contributed by atoms with Gasteiger partial charge in [-0.15, -0.1) is 10.2 Å². The standard InChI is InChI=1S/C33H33FN4O6/c1-40-27-13-10-22(32-37-36-31(44-32)21-8-11-23(34)12-9-21)17-29(27)42-15-4-3-5-16-43-30-19-26-25(18-28(30)41-2)33(39)38-14-6-7-24(38)20-35-26/h8-13,17-20,24H,3-7,14-16H2,1-2H3/t24-/m0/s1. The van der Waals surface area contributed by atoms with E-state index < -0.39 is 0 Å². The summed E-state index contributed by atoms with van der Waals surface area (Å²) in [7, 11) is 3.15. The third-order valence-electron chi connectivity index (χ3n) is 7.69. The van der Waals surface area contributed by atoms with E-state index >= 15 is 0 Å². The quantitative estimate of drug-likeness (QED) is 0.169. The summed E-state index contributed by atoms with van der Waals surface area (Å²) in [5.41, 5.74) is 2.45. The molecule has 228 valence electrons. The summed E-state index contributed by atoms with van der Waals surface area (Å²) < 4.78 is 42.2. The maximum Gasteiger partial charge on any atom is 0.256 e. The second-order valence-electron chi connectivity index (χ2n) is 10.5. The monoisotopic (exact) mass is 600 g/mol. The van der Waals surface area contributed by atoms with Crippen LogP contribution in [0.5, 0.6) is 23.0 Å². The zero-order chi connectivity index (χ0) is 30.5. The average Bonchev–Trinajstić information content (AvgIpc) is 3.71. The first-order chi connectivity index (χ1) is 21.5.